The van der Waals surface area contributed by atoms with E-state index in [1.165, 1.54) is 6.07 Å². The third-order valence-electron chi connectivity index (χ3n) is 3.15. The first-order valence-corrected chi connectivity index (χ1v) is 7.49. The zero-order valence-electron chi connectivity index (χ0n) is 11.9. The SMILES string of the molecule is CCCCCOC(=O)c1cc2cc(CCl)ccc2oc1=O. The summed E-state index contributed by atoms with van der Waals surface area (Å²) in [4.78, 5) is 23.7. The van der Waals surface area contributed by atoms with E-state index in [1.807, 2.05) is 0 Å². The second-order valence-electron chi connectivity index (χ2n) is 4.80. The molecular formula is C16H17ClO4. The standard InChI is InChI=1S/C16H17ClO4/c1-2-3-4-7-20-15(18)13-9-12-8-11(10-17)5-6-14(12)21-16(13)19/h5-6,8-9H,2-4,7,10H2,1H3. The van der Waals surface area contributed by atoms with Gasteiger partial charge in [-0.2, -0.15) is 0 Å². The highest BCUT2D eigenvalue weighted by Gasteiger charge is 2.15. The van der Waals surface area contributed by atoms with Gasteiger partial charge in [-0.1, -0.05) is 25.8 Å². The molecule has 4 nitrogen and oxygen atoms in total. The van der Waals surface area contributed by atoms with Gasteiger partial charge < -0.3 is 9.15 Å². The number of alkyl halides is 1. The van der Waals surface area contributed by atoms with Crippen LogP contribution in [0.1, 0.15) is 42.1 Å². The third kappa shape index (κ3) is 3.85. The Bertz CT molecular complexity index is 690. The zero-order valence-corrected chi connectivity index (χ0v) is 12.6. The monoisotopic (exact) mass is 308 g/mol. The lowest BCUT2D eigenvalue weighted by Gasteiger charge is -2.05. The summed E-state index contributed by atoms with van der Waals surface area (Å²) in [5.41, 5.74) is 0.559. The van der Waals surface area contributed by atoms with Crippen molar-refractivity contribution in [3.63, 3.8) is 0 Å². The molecule has 0 saturated heterocycles. The van der Waals surface area contributed by atoms with Crippen molar-refractivity contribution >= 4 is 28.5 Å². The molecule has 2 aromatic rings. The molecule has 21 heavy (non-hydrogen) atoms. The fourth-order valence-electron chi connectivity index (χ4n) is 1.99. The number of benzene rings is 1. The number of ether oxygens (including phenoxy) is 1. The van der Waals surface area contributed by atoms with Crippen molar-refractivity contribution in [2.75, 3.05) is 6.61 Å². The predicted molar refractivity (Wildman–Crippen MR) is 81.8 cm³/mol. The molecule has 0 saturated carbocycles. The van der Waals surface area contributed by atoms with Crippen molar-refractivity contribution < 1.29 is 13.9 Å². The number of halogens is 1. The van der Waals surface area contributed by atoms with E-state index in [1.54, 1.807) is 18.2 Å². The first kappa shape index (κ1) is 15.6. The van der Waals surface area contributed by atoms with Gasteiger partial charge in [0, 0.05) is 11.3 Å². The maximum atomic E-state index is 11.9. The second kappa shape index (κ2) is 7.27. The van der Waals surface area contributed by atoms with E-state index in [0.29, 0.717) is 23.5 Å². The smallest absolute Gasteiger partial charge is 0.351 e. The minimum absolute atomic E-state index is 0.0780. The topological polar surface area (TPSA) is 56.5 Å². The van der Waals surface area contributed by atoms with Crippen LogP contribution in [0.2, 0.25) is 0 Å². The Hall–Kier alpha value is -1.81. The normalized spacial score (nSPS) is 10.8. The minimum atomic E-state index is -0.679. The van der Waals surface area contributed by atoms with E-state index in [4.69, 9.17) is 20.8 Å². The quantitative estimate of drug-likeness (QED) is 0.352. The lowest BCUT2D eigenvalue weighted by Crippen LogP contribution is -2.17. The number of fused-ring (bicyclic) bond motifs is 1. The zero-order chi connectivity index (χ0) is 15.2. The molecule has 0 spiro atoms. The van der Waals surface area contributed by atoms with Crippen LogP contribution in [0, 0.1) is 0 Å². The van der Waals surface area contributed by atoms with Crippen molar-refractivity contribution in [3.8, 4) is 0 Å². The summed E-state index contributed by atoms with van der Waals surface area (Å²) < 4.78 is 10.2. The summed E-state index contributed by atoms with van der Waals surface area (Å²) in [6.45, 7) is 2.38. The lowest BCUT2D eigenvalue weighted by atomic mass is 10.1. The van der Waals surface area contributed by atoms with Crippen molar-refractivity contribution in [1.29, 1.82) is 0 Å². The number of esters is 1. The van der Waals surface area contributed by atoms with Crippen LogP contribution in [0.25, 0.3) is 11.0 Å². The first-order valence-electron chi connectivity index (χ1n) is 6.95. The average Bonchev–Trinajstić information content (AvgIpc) is 2.50. The van der Waals surface area contributed by atoms with Gasteiger partial charge in [-0.15, -0.1) is 11.6 Å². The second-order valence-corrected chi connectivity index (χ2v) is 5.06. The summed E-state index contributed by atoms with van der Waals surface area (Å²) in [5.74, 6) is -0.288. The third-order valence-corrected chi connectivity index (χ3v) is 3.46. The Kier molecular flexibility index (Phi) is 5.39. The number of carbonyl (C=O) groups is 1. The van der Waals surface area contributed by atoms with Gasteiger partial charge >= 0.3 is 11.6 Å². The molecule has 2 rings (SSSR count). The van der Waals surface area contributed by atoms with Crippen LogP contribution >= 0.6 is 11.6 Å². The highest BCUT2D eigenvalue weighted by Crippen LogP contribution is 2.17. The predicted octanol–water partition coefficient (Wildman–Crippen LogP) is 3.88. The molecule has 0 aliphatic rings. The fraction of sp³-hybridized carbons (Fsp3) is 0.375. The minimum Gasteiger partial charge on any atom is -0.462 e. The van der Waals surface area contributed by atoms with Gasteiger partial charge in [0.2, 0.25) is 0 Å². The Morgan fingerprint density at radius 1 is 1.29 bits per heavy atom. The van der Waals surface area contributed by atoms with E-state index in [9.17, 15) is 9.59 Å². The van der Waals surface area contributed by atoms with Crippen LogP contribution in [-0.4, -0.2) is 12.6 Å². The largest absolute Gasteiger partial charge is 0.462 e. The Morgan fingerprint density at radius 2 is 2.10 bits per heavy atom. The van der Waals surface area contributed by atoms with Crippen LogP contribution in [0.4, 0.5) is 0 Å². The molecule has 0 aliphatic heterocycles. The summed E-state index contributed by atoms with van der Waals surface area (Å²) in [6, 6.07) is 6.74. The number of unbranched alkanes of at least 4 members (excludes halogenated alkanes) is 2. The van der Waals surface area contributed by atoms with Crippen LogP contribution in [0.15, 0.2) is 33.5 Å². The lowest BCUT2D eigenvalue weighted by molar-refractivity contribution is 0.0493. The molecular weight excluding hydrogens is 292 g/mol. The highest BCUT2D eigenvalue weighted by molar-refractivity contribution is 6.17. The Balaban J connectivity index is 2.24. The van der Waals surface area contributed by atoms with Gasteiger partial charge in [-0.05, 0) is 30.2 Å². The molecule has 0 amide bonds. The van der Waals surface area contributed by atoms with Crippen LogP contribution in [0.3, 0.4) is 0 Å². The molecule has 0 radical (unpaired) electrons. The molecule has 1 aromatic heterocycles. The molecule has 1 aromatic carbocycles. The number of hydrogen-bond donors (Lipinski definition) is 0. The molecule has 5 heteroatoms. The molecule has 0 aliphatic carbocycles. The maximum absolute atomic E-state index is 11.9. The summed E-state index contributed by atoms with van der Waals surface area (Å²) in [6.07, 6.45) is 2.81. The van der Waals surface area contributed by atoms with E-state index in [2.05, 4.69) is 6.92 Å². The molecule has 1 heterocycles. The maximum Gasteiger partial charge on any atom is 0.351 e. The van der Waals surface area contributed by atoms with E-state index >= 15 is 0 Å². The van der Waals surface area contributed by atoms with E-state index in [-0.39, 0.29) is 5.56 Å². The van der Waals surface area contributed by atoms with Crippen molar-refractivity contribution in [3.05, 3.63) is 45.8 Å². The highest BCUT2D eigenvalue weighted by atomic mass is 35.5. The van der Waals surface area contributed by atoms with Gasteiger partial charge in [0.25, 0.3) is 0 Å². The van der Waals surface area contributed by atoms with Gasteiger partial charge in [-0.25, -0.2) is 9.59 Å². The number of hydrogen-bond acceptors (Lipinski definition) is 4. The van der Waals surface area contributed by atoms with Gasteiger partial charge in [0.1, 0.15) is 11.1 Å². The molecule has 0 N–H and O–H groups in total. The van der Waals surface area contributed by atoms with Gasteiger partial charge in [0.15, 0.2) is 0 Å². The van der Waals surface area contributed by atoms with E-state index < -0.39 is 11.6 Å². The van der Waals surface area contributed by atoms with Gasteiger partial charge in [0.05, 0.1) is 6.61 Å². The average molecular weight is 309 g/mol. The van der Waals surface area contributed by atoms with Crippen molar-refractivity contribution in [2.24, 2.45) is 0 Å². The van der Waals surface area contributed by atoms with E-state index in [0.717, 1.165) is 24.8 Å². The molecule has 0 fully saturated rings. The van der Waals surface area contributed by atoms with Crippen molar-refractivity contribution in [1.82, 2.24) is 0 Å². The first-order chi connectivity index (χ1) is 10.2. The number of rotatable bonds is 6. The van der Waals surface area contributed by atoms with Crippen molar-refractivity contribution in [2.45, 2.75) is 32.1 Å². The molecule has 112 valence electrons. The van der Waals surface area contributed by atoms with Gasteiger partial charge in [-0.3, -0.25) is 0 Å². The molecule has 0 bridgehead atoms. The Labute approximate surface area is 127 Å². The van der Waals surface area contributed by atoms with Crippen LogP contribution < -0.4 is 5.63 Å². The summed E-state index contributed by atoms with van der Waals surface area (Å²) in [5, 5.41) is 0.660. The molecule has 0 atom stereocenters. The molecule has 0 unspecified atom stereocenters. The van der Waals surface area contributed by atoms with Crippen LogP contribution in [0.5, 0.6) is 0 Å². The number of carbonyl (C=O) groups excluding carboxylic acids is 1. The fourth-order valence-corrected chi connectivity index (χ4v) is 2.16. The van der Waals surface area contributed by atoms with Crippen LogP contribution in [-0.2, 0) is 10.6 Å². The summed E-state index contributed by atoms with van der Waals surface area (Å²) >= 11 is 5.78. The summed E-state index contributed by atoms with van der Waals surface area (Å²) in [7, 11) is 0. The Morgan fingerprint density at radius 3 is 2.81 bits per heavy atom.